The Balaban J connectivity index is 1.71. The fourth-order valence-corrected chi connectivity index (χ4v) is 2.73. The zero-order chi connectivity index (χ0) is 13.4. The Labute approximate surface area is 121 Å². The molecule has 2 aliphatic carbocycles. The Morgan fingerprint density at radius 2 is 2.21 bits per heavy atom. The minimum absolute atomic E-state index is 0.274. The first-order chi connectivity index (χ1) is 9.19. The van der Waals surface area contributed by atoms with Crippen molar-refractivity contribution < 1.29 is 14.3 Å². The summed E-state index contributed by atoms with van der Waals surface area (Å²) in [5.41, 5.74) is 1.70. The molecule has 2 atom stereocenters. The van der Waals surface area contributed by atoms with Crippen molar-refractivity contribution in [1.82, 2.24) is 0 Å². The Kier molecular flexibility index (Phi) is 3.63. The maximum absolute atomic E-state index is 11.8. The van der Waals surface area contributed by atoms with Crippen molar-refractivity contribution in [3.05, 3.63) is 33.8 Å². The van der Waals surface area contributed by atoms with Gasteiger partial charge in [0.15, 0.2) is 0 Å². The van der Waals surface area contributed by atoms with Gasteiger partial charge in [0, 0.05) is 17.0 Å². The van der Waals surface area contributed by atoms with Crippen LogP contribution < -0.4 is 0 Å². The second-order valence-corrected chi connectivity index (χ2v) is 6.30. The minimum Gasteiger partial charge on any atom is -0.465 e. The van der Waals surface area contributed by atoms with Crippen LogP contribution in [-0.4, -0.2) is 25.8 Å². The summed E-state index contributed by atoms with van der Waals surface area (Å²) in [7, 11) is 1.42. The molecule has 0 bridgehead atoms. The van der Waals surface area contributed by atoms with Gasteiger partial charge in [0.25, 0.3) is 0 Å². The van der Waals surface area contributed by atoms with Gasteiger partial charge in [-0.2, -0.15) is 0 Å². The maximum Gasteiger partial charge on any atom is 0.338 e. The largest absolute Gasteiger partial charge is 0.465 e. The number of esters is 1. The van der Waals surface area contributed by atoms with Crippen molar-refractivity contribution in [2.24, 2.45) is 5.92 Å². The Hall–Kier alpha value is -0.870. The maximum atomic E-state index is 11.8. The average Bonchev–Trinajstić information content (AvgIpc) is 3.29. The highest BCUT2D eigenvalue weighted by atomic mass is 79.9. The number of hydrogen-bond donors (Lipinski definition) is 0. The smallest absolute Gasteiger partial charge is 0.338 e. The van der Waals surface area contributed by atoms with Gasteiger partial charge in [0.05, 0.1) is 18.8 Å². The van der Waals surface area contributed by atoms with Crippen LogP contribution >= 0.6 is 15.9 Å². The normalized spacial score (nSPS) is 25.2. The van der Waals surface area contributed by atoms with Gasteiger partial charge in [-0.15, -0.1) is 0 Å². The van der Waals surface area contributed by atoms with Gasteiger partial charge >= 0.3 is 5.97 Å². The van der Waals surface area contributed by atoms with Gasteiger partial charge in [-0.05, 0) is 42.9 Å². The summed E-state index contributed by atoms with van der Waals surface area (Å²) in [4.78, 5) is 11.8. The number of methoxy groups -OCH3 is 1. The fraction of sp³-hybridized carbons (Fsp3) is 0.533. The number of carbonyl (C=O) groups is 1. The number of hydrogen-bond acceptors (Lipinski definition) is 3. The van der Waals surface area contributed by atoms with Crippen molar-refractivity contribution >= 4 is 21.9 Å². The molecule has 2 unspecified atom stereocenters. The molecule has 1 aromatic carbocycles. The predicted molar refractivity (Wildman–Crippen MR) is 75.3 cm³/mol. The third-order valence-electron chi connectivity index (χ3n) is 3.79. The third kappa shape index (κ3) is 3.00. The van der Waals surface area contributed by atoms with Crippen molar-refractivity contribution in [2.45, 2.75) is 31.3 Å². The second kappa shape index (κ2) is 5.25. The van der Waals surface area contributed by atoms with Gasteiger partial charge in [0.1, 0.15) is 0 Å². The minimum atomic E-state index is -0.274. The van der Waals surface area contributed by atoms with Crippen LogP contribution in [0.1, 0.15) is 41.1 Å². The summed E-state index contributed by atoms with van der Waals surface area (Å²) in [6, 6.07) is 5.80. The monoisotopic (exact) mass is 324 g/mol. The molecule has 2 aliphatic rings. The van der Waals surface area contributed by atoms with E-state index >= 15 is 0 Å². The van der Waals surface area contributed by atoms with Crippen molar-refractivity contribution in [1.29, 1.82) is 0 Å². The molecule has 3 rings (SSSR count). The molecule has 0 spiro atoms. The predicted octanol–water partition coefficient (Wildman–Crippen LogP) is 3.52. The van der Waals surface area contributed by atoms with E-state index < -0.39 is 0 Å². The zero-order valence-electron chi connectivity index (χ0n) is 10.9. The van der Waals surface area contributed by atoms with Crippen LogP contribution in [0.2, 0.25) is 0 Å². The number of halogens is 1. The summed E-state index contributed by atoms with van der Waals surface area (Å²) in [6.45, 7) is 0.880. The number of ether oxygens (including phenoxy) is 2. The highest BCUT2D eigenvalue weighted by Crippen LogP contribution is 2.46. The molecule has 0 radical (unpaired) electrons. The van der Waals surface area contributed by atoms with E-state index in [4.69, 9.17) is 9.47 Å². The highest BCUT2D eigenvalue weighted by molar-refractivity contribution is 9.10. The van der Waals surface area contributed by atoms with Crippen LogP contribution in [0.25, 0.3) is 0 Å². The lowest BCUT2D eigenvalue weighted by atomic mass is 10.0. The Morgan fingerprint density at radius 3 is 2.89 bits per heavy atom. The molecule has 4 heteroatoms. The summed E-state index contributed by atoms with van der Waals surface area (Å²) in [5.74, 6) is 0.858. The zero-order valence-corrected chi connectivity index (χ0v) is 12.5. The van der Waals surface area contributed by atoms with Gasteiger partial charge in [-0.1, -0.05) is 22.0 Å². The van der Waals surface area contributed by atoms with Crippen LogP contribution in [0.4, 0.5) is 0 Å². The molecule has 0 amide bonds. The second-order valence-electron chi connectivity index (χ2n) is 5.38. The summed E-state index contributed by atoms with van der Waals surface area (Å²) < 4.78 is 11.6. The van der Waals surface area contributed by atoms with E-state index in [1.807, 2.05) is 18.2 Å². The summed E-state index contributed by atoms with van der Waals surface area (Å²) in [6.07, 6.45) is 3.91. The van der Waals surface area contributed by atoms with Crippen LogP contribution in [0.5, 0.6) is 0 Å². The topological polar surface area (TPSA) is 35.5 Å². The molecule has 1 aromatic rings. The van der Waals surface area contributed by atoms with Crippen LogP contribution in [0.3, 0.4) is 0 Å². The van der Waals surface area contributed by atoms with E-state index in [9.17, 15) is 4.79 Å². The molecule has 2 saturated carbocycles. The lowest BCUT2D eigenvalue weighted by molar-refractivity contribution is 0.0598. The molecular weight excluding hydrogens is 308 g/mol. The number of benzene rings is 1. The molecule has 0 aliphatic heterocycles. The average molecular weight is 325 g/mol. The summed E-state index contributed by atoms with van der Waals surface area (Å²) in [5, 5.41) is 0. The lowest BCUT2D eigenvalue weighted by Gasteiger charge is -2.08. The molecule has 2 fully saturated rings. The van der Waals surface area contributed by atoms with Gasteiger partial charge in [0.2, 0.25) is 0 Å². The van der Waals surface area contributed by atoms with Crippen LogP contribution in [0.15, 0.2) is 22.7 Å². The van der Waals surface area contributed by atoms with Gasteiger partial charge < -0.3 is 9.47 Å². The standard InChI is InChI=1S/C15H17BrO3/c1-18-15(17)13-6-10(16)4-5-11(13)12-7-14(12)19-8-9-2-3-9/h4-6,9,12,14H,2-3,7-8H2,1H3. The Morgan fingerprint density at radius 1 is 1.42 bits per heavy atom. The van der Waals surface area contributed by atoms with Gasteiger partial charge in [-0.25, -0.2) is 4.79 Å². The Bertz CT molecular complexity index is 496. The molecule has 0 heterocycles. The van der Waals surface area contributed by atoms with Crippen molar-refractivity contribution in [3.8, 4) is 0 Å². The van der Waals surface area contributed by atoms with E-state index in [1.165, 1.54) is 20.0 Å². The molecule has 102 valence electrons. The molecule has 3 nitrogen and oxygen atoms in total. The molecule has 0 aromatic heterocycles. The quantitative estimate of drug-likeness (QED) is 0.777. The first kappa shape index (κ1) is 13.1. The fourth-order valence-electron chi connectivity index (χ4n) is 2.37. The SMILES string of the molecule is COC(=O)c1cc(Br)ccc1C1CC1OCC1CC1. The molecule has 0 N–H and O–H groups in total. The molecule has 0 saturated heterocycles. The third-order valence-corrected chi connectivity index (χ3v) is 4.29. The van der Waals surface area contributed by atoms with Crippen LogP contribution in [0, 0.1) is 5.92 Å². The van der Waals surface area contributed by atoms with E-state index in [2.05, 4.69) is 15.9 Å². The first-order valence-electron chi connectivity index (χ1n) is 6.68. The highest BCUT2D eigenvalue weighted by Gasteiger charge is 2.42. The van der Waals surface area contributed by atoms with E-state index in [1.54, 1.807) is 0 Å². The van der Waals surface area contributed by atoms with Crippen molar-refractivity contribution in [2.75, 3.05) is 13.7 Å². The molecular formula is C15H17BrO3. The first-order valence-corrected chi connectivity index (χ1v) is 7.47. The van der Waals surface area contributed by atoms with Crippen molar-refractivity contribution in [3.63, 3.8) is 0 Å². The summed E-state index contributed by atoms with van der Waals surface area (Å²) >= 11 is 3.40. The lowest BCUT2D eigenvalue weighted by Crippen LogP contribution is -2.07. The van der Waals surface area contributed by atoms with Crippen LogP contribution in [-0.2, 0) is 9.47 Å². The van der Waals surface area contributed by atoms with E-state index in [-0.39, 0.29) is 12.1 Å². The van der Waals surface area contributed by atoms with E-state index in [0.717, 1.165) is 29.0 Å². The van der Waals surface area contributed by atoms with E-state index in [0.29, 0.717) is 11.5 Å². The molecule has 19 heavy (non-hydrogen) atoms. The number of carbonyl (C=O) groups excluding carboxylic acids is 1. The van der Waals surface area contributed by atoms with Gasteiger partial charge in [-0.3, -0.25) is 0 Å². The number of rotatable bonds is 5.